The lowest BCUT2D eigenvalue weighted by molar-refractivity contribution is -0.143. The summed E-state index contributed by atoms with van der Waals surface area (Å²) in [6.45, 7) is 3.64. The van der Waals surface area contributed by atoms with Crippen LogP contribution in [0, 0.1) is 12.8 Å². The lowest BCUT2D eigenvalue weighted by Crippen LogP contribution is -2.39. The molecule has 1 unspecified atom stereocenters. The number of hydrogen-bond acceptors (Lipinski definition) is 3. The van der Waals surface area contributed by atoms with E-state index in [0.717, 1.165) is 18.7 Å². The second kappa shape index (κ2) is 7.44. The van der Waals surface area contributed by atoms with Crippen molar-refractivity contribution in [3.8, 4) is 0 Å². The van der Waals surface area contributed by atoms with Gasteiger partial charge in [0.05, 0.1) is 22.0 Å². The zero-order chi connectivity index (χ0) is 17.3. The van der Waals surface area contributed by atoms with E-state index in [0.29, 0.717) is 22.9 Å². The quantitative estimate of drug-likeness (QED) is 0.783. The number of aliphatic carboxylic acids is 1. The summed E-state index contributed by atoms with van der Waals surface area (Å²) in [6, 6.07) is 7.99. The predicted molar refractivity (Wildman–Crippen MR) is 99.3 cm³/mol. The topological polar surface area (TPSA) is 40.5 Å². The van der Waals surface area contributed by atoms with Crippen molar-refractivity contribution in [1.29, 1.82) is 0 Å². The van der Waals surface area contributed by atoms with Crippen LogP contribution in [-0.2, 0) is 4.79 Å². The molecule has 1 aliphatic rings. The van der Waals surface area contributed by atoms with Crippen LogP contribution in [0.1, 0.15) is 34.9 Å². The first-order chi connectivity index (χ1) is 11.5. The fraction of sp³-hybridized carbons (Fsp3) is 0.389. The Hall–Kier alpha value is -1.07. The maximum Gasteiger partial charge on any atom is 0.306 e. The molecule has 0 amide bonds. The van der Waals surface area contributed by atoms with Crippen LogP contribution in [-0.4, -0.2) is 29.1 Å². The molecule has 0 bridgehead atoms. The van der Waals surface area contributed by atoms with Gasteiger partial charge < -0.3 is 5.11 Å². The van der Waals surface area contributed by atoms with Crippen LogP contribution >= 0.6 is 34.5 Å². The predicted octanol–water partition coefficient (Wildman–Crippen LogP) is 5.25. The van der Waals surface area contributed by atoms with E-state index in [1.807, 2.05) is 18.2 Å². The summed E-state index contributed by atoms with van der Waals surface area (Å²) in [5, 5.41) is 12.4. The van der Waals surface area contributed by atoms with E-state index < -0.39 is 5.97 Å². The van der Waals surface area contributed by atoms with Gasteiger partial charge in [0.2, 0.25) is 0 Å². The number of piperidine rings is 1. The first kappa shape index (κ1) is 17.7. The maximum atomic E-state index is 11.2. The molecule has 0 saturated carbocycles. The highest BCUT2D eigenvalue weighted by Crippen LogP contribution is 2.38. The van der Waals surface area contributed by atoms with E-state index in [1.54, 1.807) is 11.3 Å². The van der Waals surface area contributed by atoms with Crippen molar-refractivity contribution in [1.82, 2.24) is 4.90 Å². The largest absolute Gasteiger partial charge is 0.481 e. The van der Waals surface area contributed by atoms with E-state index in [1.165, 1.54) is 10.4 Å². The van der Waals surface area contributed by atoms with Crippen LogP contribution in [0.25, 0.3) is 0 Å². The third kappa shape index (κ3) is 3.62. The van der Waals surface area contributed by atoms with Gasteiger partial charge in [-0.3, -0.25) is 9.69 Å². The Balaban J connectivity index is 1.93. The normalized spacial score (nSPS) is 17.8. The van der Waals surface area contributed by atoms with E-state index in [-0.39, 0.29) is 12.0 Å². The van der Waals surface area contributed by atoms with Crippen LogP contribution in [0.5, 0.6) is 0 Å². The van der Waals surface area contributed by atoms with Gasteiger partial charge in [0.25, 0.3) is 0 Å². The zero-order valence-electron chi connectivity index (χ0n) is 13.3. The average molecular weight is 384 g/mol. The molecule has 1 N–H and O–H groups in total. The number of likely N-dealkylation sites (tertiary alicyclic amines) is 1. The molecule has 1 fully saturated rings. The minimum Gasteiger partial charge on any atom is -0.481 e. The highest BCUT2D eigenvalue weighted by Gasteiger charge is 2.31. The molecular weight excluding hydrogens is 365 g/mol. The van der Waals surface area contributed by atoms with Crippen LogP contribution in [0.15, 0.2) is 29.6 Å². The SMILES string of the molecule is Cc1ccsc1C(c1ccc(Cl)c(Cl)c1)N1CCC(C(=O)O)CC1. The monoisotopic (exact) mass is 383 g/mol. The number of rotatable bonds is 4. The van der Waals surface area contributed by atoms with Crippen molar-refractivity contribution in [2.45, 2.75) is 25.8 Å². The Morgan fingerprint density at radius 1 is 1.25 bits per heavy atom. The minimum absolute atomic E-state index is 0.0921. The summed E-state index contributed by atoms with van der Waals surface area (Å²) in [5.74, 6) is -0.923. The average Bonchev–Trinajstić information content (AvgIpc) is 2.97. The van der Waals surface area contributed by atoms with Crippen LogP contribution in [0.2, 0.25) is 10.0 Å². The number of hydrogen-bond donors (Lipinski definition) is 1. The third-order valence-electron chi connectivity index (χ3n) is 4.65. The molecule has 24 heavy (non-hydrogen) atoms. The van der Waals surface area contributed by atoms with Gasteiger partial charge >= 0.3 is 5.97 Å². The molecule has 3 rings (SSSR count). The van der Waals surface area contributed by atoms with Crippen molar-refractivity contribution in [3.63, 3.8) is 0 Å². The summed E-state index contributed by atoms with van der Waals surface area (Å²) >= 11 is 14.0. The Morgan fingerprint density at radius 3 is 2.50 bits per heavy atom. The molecule has 128 valence electrons. The Labute approximate surface area is 155 Å². The number of carboxylic acid groups (broad SMARTS) is 1. The van der Waals surface area contributed by atoms with Crippen LogP contribution in [0.3, 0.4) is 0 Å². The summed E-state index contributed by atoms with van der Waals surface area (Å²) in [5.41, 5.74) is 2.35. The van der Waals surface area contributed by atoms with Crippen LogP contribution in [0.4, 0.5) is 0 Å². The molecule has 2 heterocycles. The molecule has 1 aromatic heterocycles. The lowest BCUT2D eigenvalue weighted by Gasteiger charge is -2.37. The molecule has 3 nitrogen and oxygen atoms in total. The highest BCUT2D eigenvalue weighted by atomic mass is 35.5. The second-order valence-corrected chi connectivity index (χ2v) is 7.95. The lowest BCUT2D eigenvalue weighted by atomic mass is 9.93. The smallest absolute Gasteiger partial charge is 0.306 e. The molecule has 1 saturated heterocycles. The van der Waals surface area contributed by atoms with Crippen molar-refractivity contribution in [2.24, 2.45) is 5.92 Å². The van der Waals surface area contributed by atoms with Gasteiger partial charge in [-0.25, -0.2) is 0 Å². The first-order valence-corrected chi connectivity index (χ1v) is 9.56. The number of carboxylic acids is 1. The minimum atomic E-state index is -0.687. The van der Waals surface area contributed by atoms with Gasteiger partial charge in [-0.15, -0.1) is 11.3 Å². The van der Waals surface area contributed by atoms with Gasteiger partial charge in [0, 0.05) is 4.88 Å². The molecule has 0 spiro atoms. The van der Waals surface area contributed by atoms with E-state index in [2.05, 4.69) is 23.3 Å². The molecule has 1 atom stereocenters. The number of carbonyl (C=O) groups is 1. The van der Waals surface area contributed by atoms with Gasteiger partial charge in [0.15, 0.2) is 0 Å². The maximum absolute atomic E-state index is 11.2. The second-order valence-electron chi connectivity index (χ2n) is 6.19. The number of benzene rings is 1. The Bertz CT molecular complexity index is 738. The molecule has 2 aromatic rings. The Morgan fingerprint density at radius 2 is 1.96 bits per heavy atom. The van der Waals surface area contributed by atoms with Gasteiger partial charge in [0.1, 0.15) is 0 Å². The highest BCUT2D eigenvalue weighted by molar-refractivity contribution is 7.10. The summed E-state index contributed by atoms with van der Waals surface area (Å²) in [7, 11) is 0. The molecule has 0 aliphatic carbocycles. The van der Waals surface area contributed by atoms with Crippen molar-refractivity contribution >= 4 is 40.5 Å². The van der Waals surface area contributed by atoms with Crippen molar-refractivity contribution < 1.29 is 9.90 Å². The number of nitrogens with zero attached hydrogens (tertiary/aromatic N) is 1. The van der Waals surface area contributed by atoms with Crippen molar-refractivity contribution in [2.75, 3.05) is 13.1 Å². The van der Waals surface area contributed by atoms with Crippen LogP contribution < -0.4 is 0 Å². The van der Waals surface area contributed by atoms with Gasteiger partial charge in [-0.2, -0.15) is 0 Å². The van der Waals surface area contributed by atoms with Crippen molar-refractivity contribution in [3.05, 3.63) is 55.7 Å². The molecule has 1 aliphatic heterocycles. The number of halogens is 2. The molecule has 6 heteroatoms. The van der Waals surface area contributed by atoms with Gasteiger partial charge in [-0.1, -0.05) is 29.3 Å². The molecule has 1 aromatic carbocycles. The summed E-state index contributed by atoms with van der Waals surface area (Å²) in [4.78, 5) is 14.9. The fourth-order valence-electron chi connectivity index (χ4n) is 3.28. The third-order valence-corrected chi connectivity index (χ3v) is 6.46. The molecule has 0 radical (unpaired) electrons. The zero-order valence-corrected chi connectivity index (χ0v) is 15.7. The van der Waals surface area contributed by atoms with E-state index >= 15 is 0 Å². The number of thiophene rings is 1. The van der Waals surface area contributed by atoms with Gasteiger partial charge in [-0.05, 0) is 67.6 Å². The van der Waals surface area contributed by atoms with E-state index in [4.69, 9.17) is 23.2 Å². The fourth-order valence-corrected chi connectivity index (χ4v) is 4.67. The summed E-state index contributed by atoms with van der Waals surface area (Å²) in [6.07, 6.45) is 1.36. The Kier molecular flexibility index (Phi) is 5.50. The summed E-state index contributed by atoms with van der Waals surface area (Å²) < 4.78 is 0. The molecular formula is C18H19Cl2NO2S. The number of aryl methyl sites for hydroxylation is 1. The van der Waals surface area contributed by atoms with E-state index in [9.17, 15) is 9.90 Å². The standard InChI is InChI=1S/C18H19Cl2NO2S/c1-11-6-9-24-17(11)16(13-2-3-14(19)15(20)10-13)21-7-4-12(5-8-21)18(22)23/h2-3,6,9-10,12,16H,4-5,7-8H2,1H3,(H,22,23). The first-order valence-electron chi connectivity index (χ1n) is 7.93.